The number of nitrogens with two attached hydrogens (primary N) is 1. The van der Waals surface area contributed by atoms with Crippen LogP contribution in [0.3, 0.4) is 0 Å². The van der Waals surface area contributed by atoms with E-state index in [0.717, 1.165) is 4.57 Å². The Hall–Kier alpha value is -3.60. The molecule has 0 saturated heterocycles. The Balaban J connectivity index is 1.86. The molecule has 1 aromatic heterocycles. The van der Waals surface area contributed by atoms with Gasteiger partial charge < -0.3 is 20.4 Å². The third-order valence-electron chi connectivity index (χ3n) is 4.26. The molecule has 0 aliphatic heterocycles. The van der Waals surface area contributed by atoms with Crippen LogP contribution in [0.1, 0.15) is 16.1 Å². The molecule has 1 heterocycles. The zero-order valence-corrected chi connectivity index (χ0v) is 15.5. The van der Waals surface area contributed by atoms with Crippen LogP contribution in [0, 0.1) is 11.8 Å². The first-order valence-corrected chi connectivity index (χ1v) is 8.63. The van der Waals surface area contributed by atoms with Crippen molar-refractivity contribution < 1.29 is 22.7 Å². The second kappa shape index (κ2) is 8.19. The first-order chi connectivity index (χ1) is 13.8. The minimum atomic E-state index is -4.39. The van der Waals surface area contributed by atoms with Crippen molar-refractivity contribution >= 4 is 28.6 Å². The van der Waals surface area contributed by atoms with Crippen LogP contribution in [0.25, 0.3) is 10.9 Å². The van der Waals surface area contributed by atoms with E-state index < -0.39 is 12.7 Å². The highest BCUT2D eigenvalue weighted by Gasteiger charge is 2.29. The SMILES string of the molecule is COc1cc(C=O)ccc1NCC#Cc1cc2c(N)cccc2n1CC(F)(F)F. The summed E-state index contributed by atoms with van der Waals surface area (Å²) in [5.74, 6) is 6.07. The van der Waals surface area contributed by atoms with Gasteiger partial charge in [-0.05, 0) is 42.3 Å². The van der Waals surface area contributed by atoms with E-state index >= 15 is 0 Å². The predicted molar refractivity (Wildman–Crippen MR) is 106 cm³/mol. The molecule has 3 aromatic rings. The van der Waals surface area contributed by atoms with Crippen LogP contribution in [0.4, 0.5) is 24.5 Å². The van der Waals surface area contributed by atoms with Crippen molar-refractivity contribution in [3.63, 3.8) is 0 Å². The predicted octanol–water partition coefficient (Wildman–Crippen LogP) is 4.07. The zero-order chi connectivity index (χ0) is 21.0. The number of benzene rings is 2. The molecular weight excluding hydrogens is 383 g/mol. The number of aromatic nitrogens is 1. The molecule has 150 valence electrons. The number of hydrogen-bond acceptors (Lipinski definition) is 4. The van der Waals surface area contributed by atoms with Gasteiger partial charge in [0.15, 0.2) is 0 Å². The molecule has 0 unspecified atom stereocenters. The maximum atomic E-state index is 13.0. The van der Waals surface area contributed by atoms with E-state index in [1.54, 1.807) is 42.5 Å². The number of nitrogens with one attached hydrogen (secondary N) is 1. The van der Waals surface area contributed by atoms with Gasteiger partial charge >= 0.3 is 6.18 Å². The number of rotatable bonds is 5. The second-order valence-corrected chi connectivity index (χ2v) is 6.24. The van der Waals surface area contributed by atoms with Crippen LogP contribution in [-0.2, 0) is 6.54 Å². The number of fused-ring (bicyclic) bond motifs is 1. The van der Waals surface area contributed by atoms with Crippen LogP contribution < -0.4 is 15.8 Å². The fourth-order valence-corrected chi connectivity index (χ4v) is 2.96. The summed E-state index contributed by atoms with van der Waals surface area (Å²) in [6.07, 6.45) is -3.68. The molecule has 3 rings (SSSR count). The van der Waals surface area contributed by atoms with E-state index in [9.17, 15) is 18.0 Å². The van der Waals surface area contributed by atoms with Crippen LogP contribution in [-0.4, -0.2) is 30.7 Å². The molecule has 0 atom stereocenters. The molecule has 5 nitrogen and oxygen atoms in total. The van der Waals surface area contributed by atoms with Crippen molar-refractivity contribution in [2.75, 3.05) is 24.7 Å². The molecule has 0 fully saturated rings. The monoisotopic (exact) mass is 401 g/mol. The Morgan fingerprint density at radius 2 is 2.03 bits per heavy atom. The molecule has 0 bridgehead atoms. The van der Waals surface area contributed by atoms with Gasteiger partial charge in [0.25, 0.3) is 0 Å². The number of carbonyl (C=O) groups excluding carboxylic acids is 1. The van der Waals surface area contributed by atoms with Crippen molar-refractivity contribution in [3.8, 4) is 17.6 Å². The van der Waals surface area contributed by atoms with Gasteiger partial charge in [-0.15, -0.1) is 0 Å². The van der Waals surface area contributed by atoms with Gasteiger partial charge in [0.2, 0.25) is 0 Å². The first kappa shape index (κ1) is 20.1. The van der Waals surface area contributed by atoms with E-state index in [0.29, 0.717) is 39.9 Å². The Kier molecular flexibility index (Phi) is 5.69. The molecule has 0 spiro atoms. The Morgan fingerprint density at radius 1 is 1.24 bits per heavy atom. The second-order valence-electron chi connectivity index (χ2n) is 6.24. The highest BCUT2D eigenvalue weighted by molar-refractivity contribution is 5.92. The summed E-state index contributed by atoms with van der Waals surface area (Å²) in [5, 5.41) is 3.56. The Bertz CT molecular complexity index is 1110. The van der Waals surface area contributed by atoms with Crippen LogP contribution >= 0.6 is 0 Å². The fraction of sp³-hybridized carbons (Fsp3) is 0.190. The van der Waals surface area contributed by atoms with E-state index in [1.165, 1.54) is 7.11 Å². The lowest BCUT2D eigenvalue weighted by Gasteiger charge is -2.11. The number of nitrogens with zero attached hydrogens (tertiary/aromatic N) is 1. The highest BCUT2D eigenvalue weighted by Crippen LogP contribution is 2.28. The summed E-state index contributed by atoms with van der Waals surface area (Å²) in [7, 11) is 1.47. The lowest BCUT2D eigenvalue weighted by atomic mass is 10.2. The van der Waals surface area contributed by atoms with Gasteiger partial charge in [0.1, 0.15) is 18.6 Å². The average molecular weight is 401 g/mol. The third-order valence-corrected chi connectivity index (χ3v) is 4.26. The van der Waals surface area contributed by atoms with Gasteiger partial charge in [0.05, 0.1) is 30.6 Å². The number of aldehydes is 1. The van der Waals surface area contributed by atoms with E-state index in [-0.39, 0.29) is 12.2 Å². The number of methoxy groups -OCH3 is 1. The van der Waals surface area contributed by atoms with Crippen LogP contribution in [0.15, 0.2) is 42.5 Å². The lowest BCUT2D eigenvalue weighted by Crippen LogP contribution is -2.18. The van der Waals surface area contributed by atoms with Crippen molar-refractivity contribution in [2.24, 2.45) is 0 Å². The molecule has 0 amide bonds. The number of ether oxygens (including phenoxy) is 1. The molecule has 2 aromatic carbocycles. The molecular formula is C21H18F3N3O2. The normalized spacial score (nSPS) is 11.0. The first-order valence-electron chi connectivity index (χ1n) is 8.63. The number of halogens is 3. The van der Waals surface area contributed by atoms with Gasteiger partial charge in [-0.1, -0.05) is 12.0 Å². The number of nitrogen functional groups attached to an aromatic ring is 1. The minimum absolute atomic E-state index is 0.166. The molecule has 8 heteroatoms. The number of anilines is 2. The van der Waals surface area contributed by atoms with Crippen LogP contribution in [0.5, 0.6) is 5.75 Å². The van der Waals surface area contributed by atoms with Gasteiger partial charge in [-0.3, -0.25) is 4.79 Å². The summed E-state index contributed by atoms with van der Waals surface area (Å²) in [5.41, 5.74) is 7.97. The maximum absolute atomic E-state index is 13.0. The number of alkyl halides is 3. The summed E-state index contributed by atoms with van der Waals surface area (Å²) < 4.78 is 45.4. The van der Waals surface area contributed by atoms with Crippen molar-refractivity contribution in [2.45, 2.75) is 12.7 Å². The van der Waals surface area contributed by atoms with Gasteiger partial charge in [0, 0.05) is 16.6 Å². The summed E-state index contributed by atoms with van der Waals surface area (Å²) in [4.78, 5) is 10.8. The number of hydrogen-bond donors (Lipinski definition) is 2. The smallest absolute Gasteiger partial charge is 0.406 e. The molecule has 3 N–H and O–H groups in total. The standard InChI is InChI=1S/C21H18F3N3O2/c1-29-20-10-14(12-28)7-8-18(20)26-9-3-4-15-11-16-17(25)5-2-6-19(16)27(15)13-21(22,23)24/h2,5-8,10-12,26H,9,13,25H2,1H3. The maximum Gasteiger partial charge on any atom is 0.406 e. The summed E-state index contributed by atoms with van der Waals surface area (Å²) in [6.45, 7) is -0.988. The van der Waals surface area contributed by atoms with E-state index in [1.807, 2.05) is 0 Å². The fourth-order valence-electron chi connectivity index (χ4n) is 2.96. The highest BCUT2D eigenvalue weighted by atomic mass is 19.4. The molecule has 0 aliphatic carbocycles. The van der Waals surface area contributed by atoms with E-state index in [4.69, 9.17) is 10.5 Å². The van der Waals surface area contributed by atoms with Gasteiger partial charge in [-0.2, -0.15) is 13.2 Å². The Labute approximate surface area is 165 Å². The summed E-state index contributed by atoms with van der Waals surface area (Å²) >= 11 is 0. The van der Waals surface area contributed by atoms with E-state index in [2.05, 4.69) is 17.2 Å². The molecule has 0 aliphatic rings. The quantitative estimate of drug-likeness (QED) is 0.384. The third kappa shape index (κ3) is 4.63. The lowest BCUT2D eigenvalue weighted by molar-refractivity contribution is -0.140. The minimum Gasteiger partial charge on any atom is -0.495 e. The zero-order valence-electron chi connectivity index (χ0n) is 15.5. The summed E-state index contributed by atoms with van der Waals surface area (Å²) in [6, 6.07) is 11.3. The molecule has 0 saturated carbocycles. The number of carbonyl (C=O) groups is 1. The van der Waals surface area contributed by atoms with Crippen molar-refractivity contribution in [1.82, 2.24) is 4.57 Å². The van der Waals surface area contributed by atoms with Crippen molar-refractivity contribution in [1.29, 1.82) is 0 Å². The Morgan fingerprint density at radius 3 is 2.72 bits per heavy atom. The molecule has 0 radical (unpaired) electrons. The molecule has 29 heavy (non-hydrogen) atoms. The van der Waals surface area contributed by atoms with Crippen LogP contribution in [0.2, 0.25) is 0 Å². The average Bonchev–Trinajstić information content (AvgIpc) is 3.02. The topological polar surface area (TPSA) is 69.3 Å². The largest absolute Gasteiger partial charge is 0.495 e. The van der Waals surface area contributed by atoms with Gasteiger partial charge in [-0.25, -0.2) is 0 Å². The van der Waals surface area contributed by atoms with Crippen molar-refractivity contribution in [3.05, 3.63) is 53.7 Å².